The van der Waals surface area contributed by atoms with Gasteiger partial charge >= 0.3 is 0 Å². The van der Waals surface area contributed by atoms with Gasteiger partial charge in [-0.25, -0.2) is 0 Å². The second-order valence-corrected chi connectivity index (χ2v) is 6.06. The van der Waals surface area contributed by atoms with Crippen molar-refractivity contribution < 1.29 is 0 Å². The first-order valence-electron chi connectivity index (χ1n) is 7.31. The molecule has 1 aromatic heterocycles. The molecule has 1 aromatic rings. The van der Waals surface area contributed by atoms with Crippen molar-refractivity contribution >= 4 is 11.3 Å². The van der Waals surface area contributed by atoms with Gasteiger partial charge in [-0.05, 0) is 62.4 Å². The fourth-order valence-corrected chi connectivity index (χ4v) is 2.73. The Morgan fingerprint density at radius 1 is 1.11 bits per heavy atom. The fourth-order valence-electron chi connectivity index (χ4n) is 2.02. The van der Waals surface area contributed by atoms with Gasteiger partial charge in [-0.15, -0.1) is 0 Å². The maximum absolute atomic E-state index is 3.55. The van der Waals surface area contributed by atoms with Gasteiger partial charge in [-0.3, -0.25) is 0 Å². The van der Waals surface area contributed by atoms with Gasteiger partial charge in [0.25, 0.3) is 0 Å². The minimum atomic E-state index is 1.09. The van der Waals surface area contributed by atoms with Crippen LogP contribution in [0.5, 0.6) is 0 Å². The average molecular weight is 283 g/mol. The Morgan fingerprint density at radius 3 is 2.58 bits per heavy atom. The Hall–Kier alpha value is -0.420. The SMILES string of the molecule is CCCN(CCNCCc1ccsc1)CCN(C)C. The van der Waals surface area contributed by atoms with E-state index in [0.717, 1.165) is 32.6 Å². The highest BCUT2D eigenvalue weighted by molar-refractivity contribution is 7.07. The summed E-state index contributed by atoms with van der Waals surface area (Å²) < 4.78 is 0. The maximum Gasteiger partial charge on any atom is 0.0110 e. The summed E-state index contributed by atoms with van der Waals surface area (Å²) in [7, 11) is 4.28. The number of thiophene rings is 1. The molecule has 0 spiro atoms. The van der Waals surface area contributed by atoms with Gasteiger partial charge in [0.2, 0.25) is 0 Å². The van der Waals surface area contributed by atoms with E-state index in [1.807, 2.05) is 0 Å². The van der Waals surface area contributed by atoms with E-state index in [1.54, 1.807) is 11.3 Å². The van der Waals surface area contributed by atoms with Gasteiger partial charge in [0.15, 0.2) is 0 Å². The Balaban J connectivity index is 2.06. The molecule has 110 valence electrons. The monoisotopic (exact) mass is 283 g/mol. The van der Waals surface area contributed by atoms with Crippen molar-refractivity contribution in [2.45, 2.75) is 19.8 Å². The molecule has 0 amide bonds. The summed E-state index contributed by atoms with van der Waals surface area (Å²) in [5.41, 5.74) is 1.45. The molecule has 0 aliphatic carbocycles. The van der Waals surface area contributed by atoms with Gasteiger partial charge in [0, 0.05) is 26.2 Å². The van der Waals surface area contributed by atoms with Crippen LogP contribution in [-0.4, -0.2) is 63.2 Å². The van der Waals surface area contributed by atoms with Crippen molar-refractivity contribution in [2.75, 3.05) is 53.4 Å². The van der Waals surface area contributed by atoms with Crippen LogP contribution in [0.1, 0.15) is 18.9 Å². The van der Waals surface area contributed by atoms with Crippen molar-refractivity contribution in [3.05, 3.63) is 22.4 Å². The highest BCUT2D eigenvalue weighted by Crippen LogP contribution is 2.05. The third kappa shape index (κ3) is 8.37. The predicted molar refractivity (Wildman–Crippen MR) is 86.2 cm³/mol. The van der Waals surface area contributed by atoms with E-state index in [-0.39, 0.29) is 0 Å². The Morgan fingerprint density at radius 2 is 1.95 bits per heavy atom. The van der Waals surface area contributed by atoms with Crippen LogP contribution in [0.25, 0.3) is 0 Å². The van der Waals surface area contributed by atoms with Crippen molar-refractivity contribution in [3.63, 3.8) is 0 Å². The molecule has 0 atom stereocenters. The summed E-state index contributed by atoms with van der Waals surface area (Å²) in [5.74, 6) is 0. The normalized spacial score (nSPS) is 11.6. The van der Waals surface area contributed by atoms with Crippen LogP contribution in [0, 0.1) is 0 Å². The molecule has 0 unspecified atom stereocenters. The number of rotatable bonds is 11. The zero-order valence-corrected chi connectivity index (χ0v) is 13.5. The molecule has 1 N–H and O–H groups in total. The quantitative estimate of drug-likeness (QED) is 0.628. The minimum absolute atomic E-state index is 1.09. The molecular weight excluding hydrogens is 254 g/mol. The summed E-state index contributed by atoms with van der Waals surface area (Å²) in [6, 6.07) is 2.22. The zero-order chi connectivity index (χ0) is 13.9. The molecule has 0 radical (unpaired) electrons. The summed E-state index contributed by atoms with van der Waals surface area (Å²) >= 11 is 1.78. The van der Waals surface area contributed by atoms with Crippen molar-refractivity contribution in [1.82, 2.24) is 15.1 Å². The van der Waals surface area contributed by atoms with E-state index >= 15 is 0 Å². The van der Waals surface area contributed by atoms with E-state index in [1.165, 1.54) is 25.1 Å². The second-order valence-electron chi connectivity index (χ2n) is 5.28. The van der Waals surface area contributed by atoms with Crippen molar-refractivity contribution in [3.8, 4) is 0 Å². The lowest BCUT2D eigenvalue weighted by molar-refractivity contribution is 0.241. The number of likely N-dealkylation sites (N-methyl/N-ethyl adjacent to an activating group) is 1. The smallest absolute Gasteiger partial charge is 0.0110 e. The topological polar surface area (TPSA) is 18.5 Å². The maximum atomic E-state index is 3.55. The van der Waals surface area contributed by atoms with Crippen LogP contribution < -0.4 is 5.32 Å². The van der Waals surface area contributed by atoms with Crippen LogP contribution in [0.3, 0.4) is 0 Å². The van der Waals surface area contributed by atoms with Crippen LogP contribution in [0.4, 0.5) is 0 Å². The van der Waals surface area contributed by atoms with Gasteiger partial charge in [0.1, 0.15) is 0 Å². The fraction of sp³-hybridized carbons (Fsp3) is 0.733. The van der Waals surface area contributed by atoms with Crippen LogP contribution in [-0.2, 0) is 6.42 Å². The Bertz CT molecular complexity index is 298. The van der Waals surface area contributed by atoms with Crippen LogP contribution in [0.15, 0.2) is 16.8 Å². The minimum Gasteiger partial charge on any atom is -0.315 e. The average Bonchev–Trinajstić information content (AvgIpc) is 2.88. The molecule has 19 heavy (non-hydrogen) atoms. The molecule has 1 heterocycles. The first kappa shape index (κ1) is 16.6. The van der Waals surface area contributed by atoms with Gasteiger partial charge in [-0.2, -0.15) is 11.3 Å². The Kier molecular flexibility index (Phi) is 9.08. The molecule has 0 aliphatic rings. The molecule has 0 fully saturated rings. The van der Waals surface area contributed by atoms with E-state index in [9.17, 15) is 0 Å². The summed E-state index contributed by atoms with van der Waals surface area (Å²) in [6.45, 7) is 9.13. The first-order valence-corrected chi connectivity index (χ1v) is 8.25. The summed E-state index contributed by atoms with van der Waals surface area (Å²) in [4.78, 5) is 4.81. The van der Waals surface area contributed by atoms with Crippen LogP contribution in [0.2, 0.25) is 0 Å². The zero-order valence-electron chi connectivity index (χ0n) is 12.7. The summed E-state index contributed by atoms with van der Waals surface area (Å²) in [6.07, 6.45) is 2.39. The predicted octanol–water partition coefficient (Wildman–Crippen LogP) is 2.15. The van der Waals surface area contributed by atoms with Gasteiger partial charge in [-0.1, -0.05) is 6.92 Å². The number of nitrogens with one attached hydrogen (secondary N) is 1. The third-order valence-electron chi connectivity index (χ3n) is 3.18. The number of hydrogen-bond acceptors (Lipinski definition) is 4. The van der Waals surface area contributed by atoms with E-state index in [0.29, 0.717) is 0 Å². The molecule has 0 saturated carbocycles. The lowest BCUT2D eigenvalue weighted by Crippen LogP contribution is -2.37. The molecule has 4 heteroatoms. The Labute approximate surface area is 122 Å². The van der Waals surface area contributed by atoms with Crippen LogP contribution >= 0.6 is 11.3 Å². The van der Waals surface area contributed by atoms with Gasteiger partial charge < -0.3 is 15.1 Å². The van der Waals surface area contributed by atoms with E-state index < -0.39 is 0 Å². The largest absolute Gasteiger partial charge is 0.315 e. The number of nitrogens with zero attached hydrogens (tertiary/aromatic N) is 2. The third-order valence-corrected chi connectivity index (χ3v) is 3.91. The van der Waals surface area contributed by atoms with E-state index in [2.05, 4.69) is 53.0 Å². The summed E-state index contributed by atoms with van der Waals surface area (Å²) in [5, 5.41) is 7.94. The molecule has 1 rings (SSSR count). The highest BCUT2D eigenvalue weighted by atomic mass is 32.1. The second kappa shape index (κ2) is 10.4. The molecule has 0 aliphatic heterocycles. The number of hydrogen-bond donors (Lipinski definition) is 1. The van der Waals surface area contributed by atoms with E-state index in [4.69, 9.17) is 0 Å². The first-order chi connectivity index (χ1) is 9.22. The standard InChI is InChI=1S/C15H29N3S/c1-4-9-18(12-11-17(2)3)10-8-16-7-5-15-6-13-19-14-15/h6,13-14,16H,4-5,7-12H2,1-3H3. The van der Waals surface area contributed by atoms with Crippen molar-refractivity contribution in [1.29, 1.82) is 0 Å². The lowest BCUT2D eigenvalue weighted by atomic mass is 10.2. The lowest BCUT2D eigenvalue weighted by Gasteiger charge is -2.23. The molecule has 0 bridgehead atoms. The van der Waals surface area contributed by atoms with Crippen molar-refractivity contribution in [2.24, 2.45) is 0 Å². The van der Waals surface area contributed by atoms with Gasteiger partial charge in [0.05, 0.1) is 0 Å². The molecular formula is C15H29N3S. The molecule has 3 nitrogen and oxygen atoms in total. The molecule has 0 saturated heterocycles. The molecule has 0 aromatic carbocycles. The highest BCUT2D eigenvalue weighted by Gasteiger charge is 2.03.